The Bertz CT molecular complexity index is 639. The average Bonchev–Trinajstić information content (AvgIpc) is 3.01. The molecule has 2 rings (SSSR count). The highest BCUT2D eigenvalue weighted by Crippen LogP contribution is 2.11. The summed E-state index contributed by atoms with van der Waals surface area (Å²) in [6.07, 6.45) is 1.40. The smallest absolute Gasteiger partial charge is 0.333 e. The van der Waals surface area contributed by atoms with Crippen LogP contribution in [0.1, 0.15) is 33.1 Å². The molecule has 0 saturated heterocycles. The maximum Gasteiger partial charge on any atom is 0.333 e. The number of urea groups is 1. The van der Waals surface area contributed by atoms with E-state index in [1.807, 2.05) is 0 Å². The summed E-state index contributed by atoms with van der Waals surface area (Å²) in [6, 6.07) is 0.984. The summed E-state index contributed by atoms with van der Waals surface area (Å²) >= 11 is 0. The van der Waals surface area contributed by atoms with E-state index in [0.29, 0.717) is 22.8 Å². The molecule has 2 aromatic rings. The van der Waals surface area contributed by atoms with Gasteiger partial charge in [-0.15, -0.1) is 0 Å². The van der Waals surface area contributed by atoms with E-state index in [4.69, 9.17) is 8.94 Å². The molecule has 0 aliphatic carbocycles. The van der Waals surface area contributed by atoms with Gasteiger partial charge in [0.1, 0.15) is 11.5 Å². The highest BCUT2D eigenvalue weighted by Gasteiger charge is 2.13. The number of hydrogen-bond acceptors (Lipinski definition) is 5. The van der Waals surface area contributed by atoms with Crippen molar-refractivity contribution in [3.8, 4) is 0 Å². The van der Waals surface area contributed by atoms with Crippen molar-refractivity contribution in [1.29, 1.82) is 0 Å². The third-order valence-electron chi connectivity index (χ3n) is 3.00. The van der Waals surface area contributed by atoms with E-state index < -0.39 is 11.9 Å². The van der Waals surface area contributed by atoms with Crippen molar-refractivity contribution in [2.45, 2.75) is 27.3 Å². The molecule has 8 nitrogen and oxygen atoms in total. The standard InChI is InChI=1S/C13H16N4O4/c1-7-11(9(3)21-17-7)6-14-13(19)16-15-12(18)10-4-5-20-8(10)2/h4-5H,6H2,1-3H3,(H,15,18)(H2,14,16,19). The first kappa shape index (κ1) is 14.6. The molecule has 0 unspecified atom stereocenters. The van der Waals surface area contributed by atoms with Crippen molar-refractivity contribution in [2.75, 3.05) is 0 Å². The first-order chi connectivity index (χ1) is 9.99. The van der Waals surface area contributed by atoms with Crippen LogP contribution in [0.15, 0.2) is 21.3 Å². The number of aryl methyl sites for hydroxylation is 3. The second kappa shape index (κ2) is 6.12. The van der Waals surface area contributed by atoms with Crippen LogP contribution < -0.4 is 16.2 Å². The van der Waals surface area contributed by atoms with Crippen LogP contribution in [-0.2, 0) is 6.54 Å². The van der Waals surface area contributed by atoms with Gasteiger partial charge in [0.15, 0.2) is 0 Å². The van der Waals surface area contributed by atoms with E-state index in [1.165, 1.54) is 12.3 Å². The monoisotopic (exact) mass is 292 g/mol. The Morgan fingerprint density at radius 3 is 2.52 bits per heavy atom. The lowest BCUT2D eigenvalue weighted by atomic mass is 10.2. The number of hydrazine groups is 1. The maximum absolute atomic E-state index is 11.7. The van der Waals surface area contributed by atoms with Crippen molar-refractivity contribution in [1.82, 2.24) is 21.3 Å². The first-order valence-electron chi connectivity index (χ1n) is 6.29. The van der Waals surface area contributed by atoms with E-state index in [1.54, 1.807) is 20.8 Å². The number of amides is 3. The zero-order valence-corrected chi connectivity index (χ0v) is 11.9. The molecule has 3 N–H and O–H groups in total. The van der Waals surface area contributed by atoms with Crippen LogP contribution in [0.3, 0.4) is 0 Å². The zero-order chi connectivity index (χ0) is 15.4. The summed E-state index contributed by atoms with van der Waals surface area (Å²) in [4.78, 5) is 23.3. The number of carbonyl (C=O) groups is 2. The van der Waals surface area contributed by atoms with E-state index in [9.17, 15) is 9.59 Å². The van der Waals surface area contributed by atoms with Gasteiger partial charge in [-0.25, -0.2) is 10.2 Å². The Morgan fingerprint density at radius 1 is 1.19 bits per heavy atom. The number of rotatable bonds is 3. The molecule has 0 saturated carbocycles. The maximum atomic E-state index is 11.7. The predicted octanol–water partition coefficient (Wildman–Crippen LogP) is 1.34. The normalized spacial score (nSPS) is 10.2. The van der Waals surface area contributed by atoms with Crippen LogP contribution in [0.2, 0.25) is 0 Å². The number of nitrogens with one attached hydrogen (secondary N) is 3. The molecule has 0 atom stereocenters. The Kier molecular flexibility index (Phi) is 4.27. The first-order valence-corrected chi connectivity index (χ1v) is 6.29. The summed E-state index contributed by atoms with van der Waals surface area (Å²) in [5.41, 5.74) is 6.43. The van der Waals surface area contributed by atoms with Gasteiger partial charge in [-0.2, -0.15) is 0 Å². The molecular weight excluding hydrogens is 276 g/mol. The lowest BCUT2D eigenvalue weighted by Gasteiger charge is -2.08. The molecule has 0 bridgehead atoms. The van der Waals surface area contributed by atoms with Crippen molar-refractivity contribution >= 4 is 11.9 Å². The average molecular weight is 292 g/mol. The molecule has 2 aromatic heterocycles. The van der Waals surface area contributed by atoms with Crippen molar-refractivity contribution in [3.05, 3.63) is 40.7 Å². The third kappa shape index (κ3) is 3.41. The van der Waals surface area contributed by atoms with Gasteiger partial charge in [0.05, 0.1) is 17.5 Å². The topological polar surface area (TPSA) is 109 Å². The summed E-state index contributed by atoms with van der Waals surface area (Å²) in [6.45, 7) is 5.47. The molecule has 0 radical (unpaired) electrons. The summed E-state index contributed by atoms with van der Waals surface area (Å²) in [5.74, 6) is 0.671. The van der Waals surface area contributed by atoms with Crippen molar-refractivity contribution in [3.63, 3.8) is 0 Å². The molecule has 0 aliphatic rings. The molecule has 112 valence electrons. The molecule has 0 spiro atoms. The van der Waals surface area contributed by atoms with Gasteiger partial charge < -0.3 is 14.3 Å². The molecular formula is C13H16N4O4. The van der Waals surface area contributed by atoms with Crippen LogP contribution in [-0.4, -0.2) is 17.1 Å². The summed E-state index contributed by atoms with van der Waals surface area (Å²) < 4.78 is 9.99. The quantitative estimate of drug-likeness (QED) is 0.739. The summed E-state index contributed by atoms with van der Waals surface area (Å²) in [5, 5.41) is 6.38. The van der Waals surface area contributed by atoms with E-state index in [0.717, 1.165) is 5.56 Å². The van der Waals surface area contributed by atoms with E-state index in [2.05, 4.69) is 21.3 Å². The van der Waals surface area contributed by atoms with Crippen LogP contribution >= 0.6 is 0 Å². The Morgan fingerprint density at radius 2 is 1.95 bits per heavy atom. The molecule has 21 heavy (non-hydrogen) atoms. The van der Waals surface area contributed by atoms with E-state index >= 15 is 0 Å². The fourth-order valence-electron chi connectivity index (χ4n) is 1.77. The molecule has 2 heterocycles. The van der Waals surface area contributed by atoms with E-state index in [-0.39, 0.29) is 6.54 Å². The zero-order valence-electron chi connectivity index (χ0n) is 11.9. The Balaban J connectivity index is 1.80. The minimum absolute atomic E-state index is 0.258. The number of aromatic nitrogens is 1. The fraction of sp³-hybridized carbons (Fsp3) is 0.308. The van der Waals surface area contributed by atoms with Gasteiger partial charge in [0.2, 0.25) is 0 Å². The van der Waals surface area contributed by atoms with Gasteiger partial charge in [-0.1, -0.05) is 5.16 Å². The second-order valence-electron chi connectivity index (χ2n) is 4.45. The Labute approximate surface area is 120 Å². The SMILES string of the molecule is Cc1noc(C)c1CNC(=O)NNC(=O)c1ccoc1C. The minimum atomic E-state index is -0.538. The lowest BCUT2D eigenvalue weighted by Crippen LogP contribution is -2.46. The van der Waals surface area contributed by atoms with Gasteiger partial charge in [-0.3, -0.25) is 10.2 Å². The van der Waals surface area contributed by atoms with Gasteiger partial charge >= 0.3 is 6.03 Å². The molecule has 0 fully saturated rings. The molecule has 0 aliphatic heterocycles. The largest absolute Gasteiger partial charge is 0.469 e. The highest BCUT2D eigenvalue weighted by molar-refractivity contribution is 5.95. The van der Waals surface area contributed by atoms with Gasteiger partial charge in [-0.05, 0) is 26.8 Å². The fourth-order valence-corrected chi connectivity index (χ4v) is 1.77. The predicted molar refractivity (Wildman–Crippen MR) is 72.3 cm³/mol. The summed E-state index contributed by atoms with van der Waals surface area (Å²) in [7, 11) is 0. The van der Waals surface area contributed by atoms with Crippen LogP contribution in [0.4, 0.5) is 4.79 Å². The van der Waals surface area contributed by atoms with Crippen LogP contribution in [0.5, 0.6) is 0 Å². The van der Waals surface area contributed by atoms with Crippen LogP contribution in [0, 0.1) is 20.8 Å². The third-order valence-corrected chi connectivity index (χ3v) is 3.00. The number of carbonyl (C=O) groups excluding carboxylic acids is 2. The van der Waals surface area contributed by atoms with Gasteiger partial charge in [0.25, 0.3) is 5.91 Å². The number of hydrogen-bond donors (Lipinski definition) is 3. The number of nitrogens with zero attached hydrogens (tertiary/aromatic N) is 1. The minimum Gasteiger partial charge on any atom is -0.469 e. The van der Waals surface area contributed by atoms with Crippen molar-refractivity contribution in [2.24, 2.45) is 0 Å². The lowest BCUT2D eigenvalue weighted by molar-refractivity contribution is 0.0934. The second-order valence-corrected chi connectivity index (χ2v) is 4.45. The molecule has 3 amide bonds. The Hall–Kier alpha value is -2.77. The van der Waals surface area contributed by atoms with Gasteiger partial charge in [0, 0.05) is 12.1 Å². The highest BCUT2D eigenvalue weighted by atomic mass is 16.5. The number of furan rings is 1. The molecule has 0 aromatic carbocycles. The van der Waals surface area contributed by atoms with Crippen LogP contribution in [0.25, 0.3) is 0 Å². The molecule has 8 heteroatoms. The van der Waals surface area contributed by atoms with Crippen molar-refractivity contribution < 1.29 is 18.5 Å².